The van der Waals surface area contributed by atoms with Crippen LogP contribution in [0.4, 0.5) is 18.9 Å². The summed E-state index contributed by atoms with van der Waals surface area (Å²) in [6.07, 6.45) is -4.61. The molecule has 3 nitrogen and oxygen atoms in total. The molecule has 0 radical (unpaired) electrons. The van der Waals surface area contributed by atoms with E-state index in [1.165, 1.54) is 6.07 Å². The van der Waals surface area contributed by atoms with E-state index in [9.17, 15) is 13.2 Å². The Labute approximate surface area is 95.6 Å². The molecule has 0 aliphatic rings. The molecular formula is C7H2BrClF3N3. The lowest BCUT2D eigenvalue weighted by atomic mass is 10.2. The van der Waals surface area contributed by atoms with Crippen molar-refractivity contribution in [3.8, 4) is 0 Å². The van der Waals surface area contributed by atoms with Crippen molar-refractivity contribution in [2.75, 3.05) is 0 Å². The molecule has 0 bridgehead atoms. The molecule has 0 aromatic heterocycles. The molecule has 0 aliphatic heterocycles. The number of alkyl halides is 3. The standard InChI is InChI=1S/C7H2BrClF3N3/c8-5-2-3(9)1-4(7(10,11)12)6(5)14-15-13/h1-2H. The van der Waals surface area contributed by atoms with E-state index < -0.39 is 17.4 Å². The predicted molar refractivity (Wildman–Crippen MR) is 53.0 cm³/mol. The van der Waals surface area contributed by atoms with Gasteiger partial charge >= 0.3 is 6.18 Å². The summed E-state index contributed by atoms with van der Waals surface area (Å²) in [6.45, 7) is 0. The molecule has 1 rings (SSSR count). The summed E-state index contributed by atoms with van der Waals surface area (Å²) in [6, 6.07) is 1.93. The fourth-order valence-electron chi connectivity index (χ4n) is 0.928. The second-order valence-electron chi connectivity index (χ2n) is 2.47. The third-order valence-corrected chi connectivity index (χ3v) is 2.30. The van der Waals surface area contributed by atoms with Crippen LogP contribution in [0.1, 0.15) is 5.56 Å². The SMILES string of the molecule is [N-]=[N+]=Nc1c(Br)cc(Cl)cc1C(F)(F)F. The molecule has 0 spiro atoms. The van der Waals surface area contributed by atoms with Gasteiger partial charge in [0.2, 0.25) is 0 Å². The number of halogens is 5. The van der Waals surface area contributed by atoms with Crippen molar-refractivity contribution in [2.45, 2.75) is 6.18 Å². The van der Waals surface area contributed by atoms with Crippen molar-refractivity contribution < 1.29 is 13.2 Å². The van der Waals surface area contributed by atoms with Gasteiger partial charge in [0.1, 0.15) is 0 Å². The molecule has 0 fully saturated rings. The van der Waals surface area contributed by atoms with E-state index in [1.54, 1.807) is 0 Å². The van der Waals surface area contributed by atoms with Gasteiger partial charge in [0.05, 0.1) is 11.3 Å². The highest BCUT2D eigenvalue weighted by molar-refractivity contribution is 9.10. The zero-order chi connectivity index (χ0) is 11.6. The highest BCUT2D eigenvalue weighted by Crippen LogP contribution is 2.42. The van der Waals surface area contributed by atoms with E-state index in [0.29, 0.717) is 6.07 Å². The number of rotatable bonds is 1. The average molecular weight is 300 g/mol. The Morgan fingerprint density at radius 3 is 2.47 bits per heavy atom. The van der Waals surface area contributed by atoms with Crippen molar-refractivity contribution in [3.05, 3.63) is 37.6 Å². The molecule has 15 heavy (non-hydrogen) atoms. The number of benzene rings is 1. The first kappa shape index (κ1) is 12.2. The van der Waals surface area contributed by atoms with Crippen molar-refractivity contribution in [1.29, 1.82) is 0 Å². The van der Waals surface area contributed by atoms with Crippen LogP contribution in [0, 0.1) is 0 Å². The minimum absolute atomic E-state index is 0.000116. The van der Waals surface area contributed by atoms with E-state index in [0.717, 1.165) is 0 Å². The van der Waals surface area contributed by atoms with Gasteiger partial charge in [-0.3, -0.25) is 0 Å². The minimum atomic E-state index is -4.61. The number of hydrogen-bond donors (Lipinski definition) is 0. The second kappa shape index (κ2) is 4.30. The zero-order valence-electron chi connectivity index (χ0n) is 6.89. The molecule has 0 aliphatic carbocycles. The van der Waals surface area contributed by atoms with Crippen LogP contribution in [0.3, 0.4) is 0 Å². The third-order valence-electron chi connectivity index (χ3n) is 1.48. The van der Waals surface area contributed by atoms with Gasteiger partial charge in [0.25, 0.3) is 0 Å². The van der Waals surface area contributed by atoms with Crippen molar-refractivity contribution in [1.82, 2.24) is 0 Å². The number of hydrogen-bond acceptors (Lipinski definition) is 1. The summed E-state index contributed by atoms with van der Waals surface area (Å²) >= 11 is 8.31. The third kappa shape index (κ3) is 2.77. The molecule has 0 amide bonds. The fraction of sp³-hybridized carbons (Fsp3) is 0.143. The highest BCUT2D eigenvalue weighted by Gasteiger charge is 2.34. The van der Waals surface area contributed by atoms with Gasteiger partial charge in [-0.25, -0.2) is 0 Å². The summed E-state index contributed by atoms with van der Waals surface area (Å²) in [5.74, 6) is 0. The number of azide groups is 1. The Morgan fingerprint density at radius 2 is 2.00 bits per heavy atom. The first-order chi connectivity index (χ1) is 6.86. The van der Waals surface area contributed by atoms with Gasteiger partial charge in [0, 0.05) is 14.4 Å². The maximum atomic E-state index is 12.5. The average Bonchev–Trinajstić information content (AvgIpc) is 2.07. The maximum Gasteiger partial charge on any atom is 0.416 e. The van der Waals surface area contributed by atoms with Gasteiger partial charge in [-0.2, -0.15) is 13.2 Å². The molecule has 1 aromatic rings. The van der Waals surface area contributed by atoms with E-state index in [-0.39, 0.29) is 9.50 Å². The smallest absolute Gasteiger partial charge is 0.166 e. The lowest BCUT2D eigenvalue weighted by Crippen LogP contribution is -2.05. The Morgan fingerprint density at radius 1 is 1.40 bits per heavy atom. The molecular weight excluding hydrogens is 298 g/mol. The topological polar surface area (TPSA) is 48.8 Å². The molecule has 0 saturated heterocycles. The summed E-state index contributed by atoms with van der Waals surface area (Å²) in [4.78, 5) is 2.32. The van der Waals surface area contributed by atoms with Crippen molar-refractivity contribution >= 4 is 33.2 Å². The molecule has 0 unspecified atom stereocenters. The van der Waals surface area contributed by atoms with Crippen LogP contribution < -0.4 is 0 Å². The zero-order valence-corrected chi connectivity index (χ0v) is 9.23. The molecule has 0 N–H and O–H groups in total. The summed E-state index contributed by atoms with van der Waals surface area (Å²) in [7, 11) is 0. The molecule has 1 aromatic carbocycles. The molecule has 0 saturated carbocycles. The second-order valence-corrected chi connectivity index (χ2v) is 3.76. The fourth-order valence-corrected chi connectivity index (χ4v) is 1.82. The minimum Gasteiger partial charge on any atom is -0.166 e. The molecule has 0 heterocycles. The predicted octanol–water partition coefficient (Wildman–Crippen LogP) is 5.06. The van der Waals surface area contributed by atoms with E-state index in [2.05, 4.69) is 26.0 Å². The van der Waals surface area contributed by atoms with Crippen LogP contribution in [0.15, 0.2) is 21.7 Å². The van der Waals surface area contributed by atoms with Crippen LogP contribution in [0.2, 0.25) is 5.02 Å². The van der Waals surface area contributed by atoms with E-state index in [4.69, 9.17) is 17.1 Å². The van der Waals surface area contributed by atoms with Gasteiger partial charge in [-0.15, -0.1) is 0 Å². The molecule has 8 heteroatoms. The van der Waals surface area contributed by atoms with E-state index >= 15 is 0 Å². The monoisotopic (exact) mass is 299 g/mol. The largest absolute Gasteiger partial charge is 0.416 e. The molecule has 80 valence electrons. The van der Waals surface area contributed by atoms with Crippen LogP contribution in [-0.4, -0.2) is 0 Å². The van der Waals surface area contributed by atoms with Gasteiger partial charge < -0.3 is 0 Å². The summed E-state index contributed by atoms with van der Waals surface area (Å²) < 4.78 is 37.4. The maximum absolute atomic E-state index is 12.5. The quantitative estimate of drug-likeness (QED) is 0.395. The van der Waals surface area contributed by atoms with Crippen LogP contribution in [-0.2, 0) is 6.18 Å². The first-order valence-corrected chi connectivity index (χ1v) is 4.64. The van der Waals surface area contributed by atoms with Gasteiger partial charge in [0.15, 0.2) is 0 Å². The van der Waals surface area contributed by atoms with Crippen LogP contribution in [0.25, 0.3) is 10.4 Å². The summed E-state index contributed by atoms with van der Waals surface area (Å²) in [5.41, 5.74) is 6.55. The van der Waals surface area contributed by atoms with Gasteiger partial charge in [-0.05, 0) is 17.7 Å². The Hall–Kier alpha value is -0.910. The first-order valence-electron chi connectivity index (χ1n) is 3.47. The van der Waals surface area contributed by atoms with Gasteiger partial charge in [-0.1, -0.05) is 32.6 Å². The van der Waals surface area contributed by atoms with E-state index in [1.807, 2.05) is 0 Å². The highest BCUT2D eigenvalue weighted by atomic mass is 79.9. The lowest BCUT2D eigenvalue weighted by molar-refractivity contribution is -0.137. The van der Waals surface area contributed by atoms with Crippen molar-refractivity contribution in [3.63, 3.8) is 0 Å². The normalized spacial score (nSPS) is 11.0. The Balaban J connectivity index is 3.54. The van der Waals surface area contributed by atoms with Crippen molar-refractivity contribution in [2.24, 2.45) is 5.11 Å². The Bertz CT molecular complexity index is 440. The number of nitrogens with zero attached hydrogens (tertiary/aromatic N) is 3. The Kier molecular flexibility index (Phi) is 3.49. The van der Waals surface area contributed by atoms with Crippen LogP contribution in [0.5, 0.6) is 0 Å². The lowest BCUT2D eigenvalue weighted by Gasteiger charge is -2.11. The van der Waals surface area contributed by atoms with Crippen LogP contribution >= 0.6 is 27.5 Å². The summed E-state index contributed by atoms with van der Waals surface area (Å²) in [5, 5.41) is 2.88. The molecule has 0 atom stereocenters.